The Hall–Kier alpha value is -3.52. The van der Waals surface area contributed by atoms with E-state index >= 15 is 0 Å². The van der Waals surface area contributed by atoms with Crippen molar-refractivity contribution in [1.82, 2.24) is 9.55 Å². The fourth-order valence-corrected chi connectivity index (χ4v) is 3.74. The fraction of sp³-hybridized carbons (Fsp3) is 0.130. The molecule has 2 heterocycles. The third-order valence-electron chi connectivity index (χ3n) is 4.83. The number of methoxy groups -OCH3 is 2. The first-order chi connectivity index (χ1) is 15.1. The number of hydrogen-bond acceptors (Lipinski definition) is 4. The Bertz CT molecular complexity index is 1240. The van der Waals surface area contributed by atoms with Gasteiger partial charge in [0.25, 0.3) is 0 Å². The minimum absolute atomic E-state index is 0.351. The van der Waals surface area contributed by atoms with Crippen LogP contribution >= 0.6 is 15.9 Å². The van der Waals surface area contributed by atoms with Gasteiger partial charge in [0.15, 0.2) is 0 Å². The number of rotatable bonds is 6. The number of urea groups is 1. The monoisotopic (exact) mass is 480 g/mol. The lowest BCUT2D eigenvalue weighted by atomic mass is 10.2. The Morgan fingerprint density at radius 3 is 2.68 bits per heavy atom. The number of amides is 2. The van der Waals surface area contributed by atoms with Crippen molar-refractivity contribution >= 4 is 44.2 Å². The van der Waals surface area contributed by atoms with Gasteiger partial charge in [0.2, 0.25) is 5.88 Å². The van der Waals surface area contributed by atoms with Crippen LogP contribution in [0.3, 0.4) is 0 Å². The summed E-state index contributed by atoms with van der Waals surface area (Å²) in [6.07, 6.45) is 3.73. The highest BCUT2D eigenvalue weighted by molar-refractivity contribution is 9.10. The van der Waals surface area contributed by atoms with Gasteiger partial charge in [-0.05, 0) is 48.0 Å². The Balaban J connectivity index is 1.55. The van der Waals surface area contributed by atoms with Crippen LogP contribution in [-0.2, 0) is 6.54 Å². The molecule has 0 saturated heterocycles. The van der Waals surface area contributed by atoms with Crippen molar-refractivity contribution in [3.63, 3.8) is 0 Å². The summed E-state index contributed by atoms with van der Waals surface area (Å²) in [5, 5.41) is 6.72. The second-order valence-electron chi connectivity index (χ2n) is 6.81. The molecule has 0 aliphatic heterocycles. The van der Waals surface area contributed by atoms with Crippen molar-refractivity contribution in [2.45, 2.75) is 6.54 Å². The first-order valence-corrected chi connectivity index (χ1v) is 10.3. The first kappa shape index (κ1) is 20.7. The number of nitrogens with zero attached hydrogens (tertiary/aromatic N) is 2. The summed E-state index contributed by atoms with van der Waals surface area (Å²) in [6, 6.07) is 16.7. The second kappa shape index (κ2) is 9.09. The molecule has 2 N–H and O–H groups in total. The van der Waals surface area contributed by atoms with Crippen molar-refractivity contribution in [3.05, 3.63) is 77.0 Å². The van der Waals surface area contributed by atoms with Crippen LogP contribution in [0.1, 0.15) is 5.56 Å². The van der Waals surface area contributed by atoms with Crippen LogP contribution in [0.4, 0.5) is 16.2 Å². The number of ether oxygens (including phenoxy) is 2. The van der Waals surface area contributed by atoms with Crippen molar-refractivity contribution < 1.29 is 14.3 Å². The van der Waals surface area contributed by atoms with Crippen molar-refractivity contribution in [1.29, 1.82) is 0 Å². The predicted molar refractivity (Wildman–Crippen MR) is 125 cm³/mol. The Morgan fingerprint density at radius 2 is 1.87 bits per heavy atom. The minimum Gasteiger partial charge on any atom is -0.495 e. The molecule has 0 bridgehead atoms. The van der Waals surface area contributed by atoms with Gasteiger partial charge in [-0.15, -0.1) is 0 Å². The van der Waals surface area contributed by atoms with E-state index in [4.69, 9.17) is 9.47 Å². The number of fused-ring (bicyclic) bond motifs is 1. The van der Waals surface area contributed by atoms with E-state index in [-0.39, 0.29) is 6.03 Å². The van der Waals surface area contributed by atoms with Crippen molar-refractivity contribution in [2.75, 3.05) is 24.9 Å². The third kappa shape index (κ3) is 4.64. The molecule has 4 rings (SSSR count). The molecule has 0 aliphatic carbocycles. The number of aromatic nitrogens is 2. The Kier molecular flexibility index (Phi) is 6.08. The van der Waals surface area contributed by atoms with Crippen molar-refractivity contribution in [2.24, 2.45) is 0 Å². The molecular formula is C23H21BrN4O3. The smallest absolute Gasteiger partial charge is 0.323 e. The molecule has 2 aromatic carbocycles. The zero-order chi connectivity index (χ0) is 21.8. The number of carbonyl (C=O) groups is 1. The largest absolute Gasteiger partial charge is 0.495 e. The summed E-state index contributed by atoms with van der Waals surface area (Å²) in [7, 11) is 3.16. The van der Waals surface area contributed by atoms with Gasteiger partial charge in [0.1, 0.15) is 5.75 Å². The molecule has 0 radical (unpaired) electrons. The van der Waals surface area contributed by atoms with Gasteiger partial charge in [-0.25, -0.2) is 9.78 Å². The first-order valence-electron chi connectivity index (χ1n) is 9.55. The van der Waals surface area contributed by atoms with Gasteiger partial charge in [-0.1, -0.05) is 22.0 Å². The summed E-state index contributed by atoms with van der Waals surface area (Å²) in [5.74, 6) is 1.16. The lowest BCUT2D eigenvalue weighted by Gasteiger charge is -2.12. The topological polar surface area (TPSA) is 77.4 Å². The normalized spacial score (nSPS) is 10.7. The average Bonchev–Trinajstić information content (AvgIpc) is 3.18. The van der Waals surface area contributed by atoms with E-state index < -0.39 is 0 Å². The maximum Gasteiger partial charge on any atom is 0.323 e. The zero-order valence-electron chi connectivity index (χ0n) is 17.1. The van der Waals surface area contributed by atoms with E-state index in [0.717, 1.165) is 26.6 Å². The lowest BCUT2D eigenvalue weighted by Crippen LogP contribution is -2.20. The summed E-state index contributed by atoms with van der Waals surface area (Å²) in [5.41, 5.74) is 3.37. The van der Waals surface area contributed by atoms with Crippen LogP contribution in [-0.4, -0.2) is 29.8 Å². The molecule has 31 heavy (non-hydrogen) atoms. The number of anilines is 2. The number of halogens is 1. The third-order valence-corrected chi connectivity index (χ3v) is 5.33. The number of carbonyl (C=O) groups excluding carboxylic acids is 1. The van der Waals surface area contributed by atoms with Crippen LogP contribution in [0.2, 0.25) is 0 Å². The van der Waals surface area contributed by atoms with Crippen LogP contribution in [0.15, 0.2) is 71.5 Å². The van der Waals surface area contributed by atoms with Gasteiger partial charge in [-0.3, -0.25) is 0 Å². The molecule has 2 aromatic heterocycles. The van der Waals surface area contributed by atoms with Gasteiger partial charge in [0, 0.05) is 34.9 Å². The molecule has 0 spiro atoms. The summed E-state index contributed by atoms with van der Waals surface area (Å²) in [4.78, 5) is 16.8. The highest BCUT2D eigenvalue weighted by Gasteiger charge is 2.12. The number of nitrogens with one attached hydrogen (secondary N) is 2. The van der Waals surface area contributed by atoms with Gasteiger partial charge >= 0.3 is 6.03 Å². The maximum atomic E-state index is 12.7. The quantitative estimate of drug-likeness (QED) is 0.381. The molecule has 0 unspecified atom stereocenters. The Morgan fingerprint density at radius 1 is 1.03 bits per heavy atom. The lowest BCUT2D eigenvalue weighted by molar-refractivity contribution is 0.262. The van der Waals surface area contributed by atoms with Crippen LogP contribution in [0.25, 0.3) is 10.9 Å². The van der Waals surface area contributed by atoms with E-state index in [1.54, 1.807) is 32.5 Å². The molecule has 7 nitrogen and oxygen atoms in total. The van der Waals surface area contributed by atoms with E-state index in [9.17, 15) is 4.79 Å². The van der Waals surface area contributed by atoms with E-state index in [1.807, 2.05) is 48.7 Å². The maximum absolute atomic E-state index is 12.7. The molecule has 8 heteroatoms. The fourth-order valence-electron chi connectivity index (χ4n) is 3.38. The highest BCUT2D eigenvalue weighted by Crippen LogP contribution is 2.29. The van der Waals surface area contributed by atoms with E-state index in [1.165, 1.54) is 0 Å². The van der Waals surface area contributed by atoms with Gasteiger partial charge in [-0.2, -0.15) is 0 Å². The zero-order valence-corrected chi connectivity index (χ0v) is 18.6. The van der Waals surface area contributed by atoms with Gasteiger partial charge < -0.3 is 24.7 Å². The van der Waals surface area contributed by atoms with Crippen LogP contribution in [0.5, 0.6) is 11.6 Å². The van der Waals surface area contributed by atoms with Crippen LogP contribution < -0.4 is 20.1 Å². The number of benzene rings is 2. The van der Waals surface area contributed by atoms with Crippen molar-refractivity contribution in [3.8, 4) is 11.6 Å². The molecule has 2 amide bonds. The van der Waals surface area contributed by atoms with Crippen LogP contribution in [0, 0.1) is 0 Å². The minimum atomic E-state index is -0.351. The number of pyridine rings is 1. The van der Waals surface area contributed by atoms with Gasteiger partial charge in [0.05, 0.1) is 31.1 Å². The summed E-state index contributed by atoms with van der Waals surface area (Å²) in [6.45, 7) is 0.660. The summed E-state index contributed by atoms with van der Waals surface area (Å²) < 4.78 is 13.5. The molecule has 158 valence electrons. The van der Waals surface area contributed by atoms with E-state index in [2.05, 4.69) is 36.1 Å². The highest BCUT2D eigenvalue weighted by atomic mass is 79.9. The number of hydrogen-bond donors (Lipinski definition) is 2. The molecule has 0 fully saturated rings. The molecule has 0 aliphatic rings. The molecule has 4 aromatic rings. The predicted octanol–water partition coefficient (Wildman–Crippen LogP) is 5.51. The molecule has 0 atom stereocenters. The standard InChI is InChI=1S/C23H21BrN4O3/c1-30-21-7-6-16(24)13-19(21)27-23(29)26-18-4-3-5-20-17(18)9-11-28(20)14-15-8-10-25-22(12-15)31-2/h3-13H,14H2,1-2H3,(H2,26,27,29). The average molecular weight is 481 g/mol. The molecular weight excluding hydrogens is 460 g/mol. The molecule has 0 saturated carbocycles. The second-order valence-corrected chi connectivity index (χ2v) is 7.73. The SMILES string of the molecule is COc1cc(Cn2ccc3c(NC(=O)Nc4cc(Br)ccc4OC)cccc32)ccn1. The van der Waals surface area contributed by atoms with E-state index in [0.29, 0.717) is 23.9 Å². The summed E-state index contributed by atoms with van der Waals surface area (Å²) >= 11 is 3.41. The Labute approximate surface area is 188 Å².